The maximum Gasteiger partial charge on any atom is 0.276 e. The molecule has 96 valence electrons. The highest BCUT2D eigenvalue weighted by molar-refractivity contribution is 7.87. The third kappa shape index (κ3) is 5.16. The SMILES string of the molecule is CCCNS(=O)(=O)NCCc1ccccc1O. The predicted octanol–water partition coefficient (Wildman–Crippen LogP) is 0.769. The van der Waals surface area contributed by atoms with Gasteiger partial charge in [-0.3, -0.25) is 0 Å². The third-order valence-corrected chi connectivity index (χ3v) is 3.39. The van der Waals surface area contributed by atoms with Crippen molar-refractivity contribution >= 4 is 10.2 Å². The molecule has 0 aromatic heterocycles. The molecule has 5 nitrogen and oxygen atoms in total. The zero-order valence-electron chi connectivity index (χ0n) is 9.81. The molecule has 0 bridgehead atoms. The Morgan fingerprint density at radius 2 is 1.82 bits per heavy atom. The lowest BCUT2D eigenvalue weighted by Crippen LogP contribution is -2.37. The second-order valence-corrected chi connectivity index (χ2v) is 5.26. The average Bonchev–Trinajstić information content (AvgIpc) is 2.29. The molecule has 0 aliphatic heterocycles. The third-order valence-electron chi connectivity index (χ3n) is 2.22. The minimum Gasteiger partial charge on any atom is -0.508 e. The van der Waals surface area contributed by atoms with Gasteiger partial charge in [-0.25, -0.2) is 9.44 Å². The van der Waals surface area contributed by atoms with Gasteiger partial charge in [0.25, 0.3) is 10.2 Å². The van der Waals surface area contributed by atoms with Gasteiger partial charge in [0.2, 0.25) is 0 Å². The lowest BCUT2D eigenvalue weighted by molar-refractivity contribution is 0.467. The molecule has 1 aromatic rings. The average molecular weight is 258 g/mol. The highest BCUT2D eigenvalue weighted by Crippen LogP contribution is 2.15. The largest absolute Gasteiger partial charge is 0.508 e. The van der Waals surface area contributed by atoms with Gasteiger partial charge in [0.1, 0.15) is 5.75 Å². The first-order chi connectivity index (χ1) is 8.05. The van der Waals surface area contributed by atoms with E-state index in [4.69, 9.17) is 0 Å². The van der Waals surface area contributed by atoms with Crippen molar-refractivity contribution in [2.24, 2.45) is 0 Å². The fourth-order valence-electron chi connectivity index (χ4n) is 1.33. The molecule has 17 heavy (non-hydrogen) atoms. The van der Waals surface area contributed by atoms with Crippen LogP contribution in [-0.2, 0) is 16.6 Å². The molecule has 1 aromatic carbocycles. The van der Waals surface area contributed by atoms with E-state index in [1.165, 1.54) is 0 Å². The van der Waals surface area contributed by atoms with E-state index >= 15 is 0 Å². The van der Waals surface area contributed by atoms with Crippen molar-refractivity contribution in [2.45, 2.75) is 19.8 Å². The smallest absolute Gasteiger partial charge is 0.276 e. The van der Waals surface area contributed by atoms with Crippen LogP contribution in [-0.4, -0.2) is 26.6 Å². The highest BCUT2D eigenvalue weighted by Gasteiger charge is 2.07. The maximum absolute atomic E-state index is 11.4. The van der Waals surface area contributed by atoms with E-state index in [2.05, 4.69) is 9.44 Å². The molecule has 0 aliphatic carbocycles. The molecule has 0 spiro atoms. The first kappa shape index (κ1) is 14.0. The normalized spacial score (nSPS) is 11.6. The molecule has 0 aliphatic rings. The number of phenols is 1. The number of hydrogen-bond donors (Lipinski definition) is 3. The van der Waals surface area contributed by atoms with Crippen LogP contribution in [0.1, 0.15) is 18.9 Å². The summed E-state index contributed by atoms with van der Waals surface area (Å²) >= 11 is 0. The van der Waals surface area contributed by atoms with Gasteiger partial charge in [-0.15, -0.1) is 0 Å². The van der Waals surface area contributed by atoms with Crippen LogP contribution < -0.4 is 9.44 Å². The first-order valence-electron chi connectivity index (χ1n) is 5.56. The van der Waals surface area contributed by atoms with Crippen LogP contribution in [0.25, 0.3) is 0 Å². The zero-order valence-corrected chi connectivity index (χ0v) is 10.6. The summed E-state index contributed by atoms with van der Waals surface area (Å²) in [5.41, 5.74) is 0.727. The van der Waals surface area contributed by atoms with E-state index < -0.39 is 10.2 Å². The number of nitrogens with one attached hydrogen (secondary N) is 2. The lowest BCUT2D eigenvalue weighted by Gasteiger charge is -2.08. The molecular formula is C11H18N2O3S. The van der Waals surface area contributed by atoms with E-state index in [0.717, 1.165) is 12.0 Å². The van der Waals surface area contributed by atoms with Crippen LogP contribution >= 0.6 is 0 Å². The number of rotatable bonds is 7. The van der Waals surface area contributed by atoms with Gasteiger partial charge < -0.3 is 5.11 Å². The van der Waals surface area contributed by atoms with Crippen LogP contribution in [0.2, 0.25) is 0 Å². The summed E-state index contributed by atoms with van der Waals surface area (Å²) in [5.74, 6) is 0.188. The van der Waals surface area contributed by atoms with Crippen molar-refractivity contribution in [1.82, 2.24) is 9.44 Å². The Kier molecular flexibility index (Phi) is 5.40. The predicted molar refractivity (Wildman–Crippen MR) is 67.0 cm³/mol. The molecule has 3 N–H and O–H groups in total. The minimum absolute atomic E-state index is 0.188. The number of para-hydroxylation sites is 1. The summed E-state index contributed by atoms with van der Waals surface area (Å²) in [6.07, 6.45) is 1.21. The second-order valence-electron chi connectivity index (χ2n) is 3.67. The molecule has 0 saturated heterocycles. The van der Waals surface area contributed by atoms with Gasteiger partial charge in [0, 0.05) is 13.1 Å². The van der Waals surface area contributed by atoms with Crippen molar-refractivity contribution in [2.75, 3.05) is 13.1 Å². The van der Waals surface area contributed by atoms with E-state index in [-0.39, 0.29) is 12.3 Å². The topological polar surface area (TPSA) is 78.4 Å². The van der Waals surface area contributed by atoms with Crippen molar-refractivity contribution in [3.63, 3.8) is 0 Å². The monoisotopic (exact) mass is 258 g/mol. The Bertz CT molecular complexity index is 446. The quantitative estimate of drug-likeness (QED) is 0.676. The second kappa shape index (κ2) is 6.58. The van der Waals surface area contributed by atoms with Gasteiger partial charge in [-0.2, -0.15) is 8.42 Å². The molecule has 0 saturated carbocycles. The zero-order chi connectivity index (χ0) is 12.7. The summed E-state index contributed by atoms with van der Waals surface area (Å²) in [5, 5.41) is 9.49. The summed E-state index contributed by atoms with van der Waals surface area (Å²) in [6, 6.07) is 6.88. The Morgan fingerprint density at radius 3 is 2.47 bits per heavy atom. The fourth-order valence-corrected chi connectivity index (χ4v) is 2.28. The molecule has 0 heterocycles. The van der Waals surface area contributed by atoms with E-state index in [1.54, 1.807) is 24.3 Å². The molecular weight excluding hydrogens is 240 g/mol. The van der Waals surface area contributed by atoms with Crippen molar-refractivity contribution in [3.8, 4) is 5.75 Å². The van der Waals surface area contributed by atoms with Gasteiger partial charge in [-0.05, 0) is 24.5 Å². The van der Waals surface area contributed by atoms with Gasteiger partial charge in [0.05, 0.1) is 0 Å². The number of phenolic OH excluding ortho intramolecular Hbond substituents is 1. The Balaban J connectivity index is 2.40. The van der Waals surface area contributed by atoms with Gasteiger partial charge in [-0.1, -0.05) is 25.1 Å². The molecule has 1 rings (SSSR count). The van der Waals surface area contributed by atoms with E-state index in [9.17, 15) is 13.5 Å². The Labute approximate surface area is 102 Å². The summed E-state index contributed by atoms with van der Waals surface area (Å²) in [6.45, 7) is 2.58. The standard InChI is InChI=1S/C11H18N2O3S/c1-2-8-12-17(15,16)13-9-7-10-5-3-4-6-11(10)14/h3-6,12-14H,2,7-9H2,1H3. The van der Waals surface area contributed by atoms with Crippen LogP contribution in [0.5, 0.6) is 5.75 Å². The number of benzene rings is 1. The van der Waals surface area contributed by atoms with Gasteiger partial charge >= 0.3 is 0 Å². The Hall–Kier alpha value is -1.11. The molecule has 0 unspecified atom stereocenters. The van der Waals surface area contributed by atoms with E-state index in [1.807, 2.05) is 6.92 Å². The van der Waals surface area contributed by atoms with Crippen molar-refractivity contribution in [1.29, 1.82) is 0 Å². The lowest BCUT2D eigenvalue weighted by atomic mass is 10.1. The number of hydrogen-bond acceptors (Lipinski definition) is 3. The molecule has 0 atom stereocenters. The minimum atomic E-state index is -3.41. The van der Waals surface area contributed by atoms with E-state index in [0.29, 0.717) is 13.0 Å². The first-order valence-corrected chi connectivity index (χ1v) is 7.04. The van der Waals surface area contributed by atoms with Crippen LogP contribution in [0.4, 0.5) is 0 Å². The summed E-state index contributed by atoms with van der Waals surface area (Å²) < 4.78 is 27.6. The van der Waals surface area contributed by atoms with Crippen LogP contribution in [0.3, 0.4) is 0 Å². The molecule has 0 amide bonds. The molecule has 6 heteroatoms. The molecule has 0 radical (unpaired) electrons. The summed E-state index contributed by atoms with van der Waals surface area (Å²) in [4.78, 5) is 0. The van der Waals surface area contributed by atoms with Crippen LogP contribution in [0.15, 0.2) is 24.3 Å². The fraction of sp³-hybridized carbons (Fsp3) is 0.455. The van der Waals surface area contributed by atoms with Gasteiger partial charge in [0.15, 0.2) is 0 Å². The van der Waals surface area contributed by atoms with Crippen LogP contribution in [0, 0.1) is 0 Å². The number of aromatic hydroxyl groups is 1. The summed E-state index contributed by atoms with van der Waals surface area (Å²) in [7, 11) is -3.41. The van der Waals surface area contributed by atoms with Crippen molar-refractivity contribution < 1.29 is 13.5 Å². The highest BCUT2D eigenvalue weighted by atomic mass is 32.2. The maximum atomic E-state index is 11.4. The molecule has 0 fully saturated rings. The van der Waals surface area contributed by atoms with Crippen molar-refractivity contribution in [3.05, 3.63) is 29.8 Å². The Morgan fingerprint density at radius 1 is 1.18 bits per heavy atom.